The molecule has 5 heteroatoms. The van der Waals surface area contributed by atoms with E-state index in [2.05, 4.69) is 27.1 Å². The van der Waals surface area contributed by atoms with Crippen molar-refractivity contribution in [1.82, 2.24) is 0 Å². The van der Waals surface area contributed by atoms with Crippen LogP contribution in [0.4, 0.5) is 5.69 Å². The summed E-state index contributed by atoms with van der Waals surface area (Å²) in [5, 5.41) is 4.10. The summed E-state index contributed by atoms with van der Waals surface area (Å²) in [5.41, 5.74) is 0.719. The van der Waals surface area contributed by atoms with Crippen LogP contribution in [0.15, 0.2) is 41.4 Å². The van der Waals surface area contributed by atoms with Crippen molar-refractivity contribution in [2.75, 3.05) is 13.7 Å². The number of benzene rings is 2. The molecule has 2 aromatic rings. The molecule has 0 heterocycles. The number of carbonyl (C=O) groups excluding carboxylic acids is 1. The van der Waals surface area contributed by atoms with Gasteiger partial charge in [-0.25, -0.2) is 4.79 Å². The van der Waals surface area contributed by atoms with Crippen LogP contribution in [0.2, 0.25) is 0 Å². The predicted octanol–water partition coefficient (Wildman–Crippen LogP) is 3.13. The molecule has 0 unspecified atom stereocenters. The third-order valence-corrected chi connectivity index (χ3v) is 2.69. The Morgan fingerprint density at radius 3 is 2.68 bits per heavy atom. The number of esters is 1. The monoisotopic (exact) mass is 273 g/mol. The van der Waals surface area contributed by atoms with Crippen LogP contribution in [0.1, 0.15) is 0 Å². The summed E-state index contributed by atoms with van der Waals surface area (Å²) in [6.07, 6.45) is 0. The fourth-order valence-electron chi connectivity index (χ4n) is 1.72. The van der Waals surface area contributed by atoms with Crippen molar-refractivity contribution in [2.45, 2.75) is 0 Å². The zero-order valence-corrected chi connectivity index (χ0v) is 11.1. The Morgan fingerprint density at radius 2 is 2.00 bits per heavy atom. The molecule has 2 rings (SSSR count). The summed E-state index contributed by atoms with van der Waals surface area (Å²) in [7, 11) is 1.32. The van der Waals surface area contributed by atoms with Crippen molar-refractivity contribution in [3.8, 4) is 5.75 Å². The number of methoxy groups -OCH3 is 1. The number of hydrogen-bond acceptors (Lipinski definition) is 5. The zero-order chi connectivity index (χ0) is 13.7. The van der Waals surface area contributed by atoms with Gasteiger partial charge >= 0.3 is 5.97 Å². The van der Waals surface area contributed by atoms with Crippen molar-refractivity contribution in [3.05, 3.63) is 36.4 Å². The van der Waals surface area contributed by atoms with Crippen molar-refractivity contribution < 1.29 is 14.3 Å². The van der Waals surface area contributed by atoms with E-state index in [9.17, 15) is 4.79 Å². The maximum absolute atomic E-state index is 11.1. The molecule has 0 aromatic heterocycles. The molecular formula is C14H11NO3S. The van der Waals surface area contributed by atoms with E-state index in [1.54, 1.807) is 12.1 Å². The van der Waals surface area contributed by atoms with E-state index in [4.69, 9.17) is 4.74 Å². The summed E-state index contributed by atoms with van der Waals surface area (Å²) < 4.78 is 9.98. The average molecular weight is 273 g/mol. The summed E-state index contributed by atoms with van der Waals surface area (Å²) in [4.78, 5) is 15.1. The van der Waals surface area contributed by atoms with Gasteiger partial charge in [0.15, 0.2) is 6.61 Å². The molecule has 2 aromatic carbocycles. The Balaban J connectivity index is 2.43. The molecule has 0 radical (unpaired) electrons. The van der Waals surface area contributed by atoms with Crippen molar-refractivity contribution in [1.29, 1.82) is 0 Å². The first kappa shape index (κ1) is 13.2. The maximum atomic E-state index is 11.1. The highest BCUT2D eigenvalue weighted by Crippen LogP contribution is 2.32. The molecule has 0 saturated heterocycles. The van der Waals surface area contributed by atoms with Crippen LogP contribution in [0, 0.1) is 0 Å². The van der Waals surface area contributed by atoms with Crippen LogP contribution in [0.3, 0.4) is 0 Å². The molecule has 4 nitrogen and oxygen atoms in total. The molecular weight excluding hydrogens is 262 g/mol. The fourth-order valence-corrected chi connectivity index (χ4v) is 1.82. The highest BCUT2D eigenvalue weighted by Gasteiger charge is 2.08. The molecule has 0 fully saturated rings. The van der Waals surface area contributed by atoms with Crippen LogP contribution in [0.5, 0.6) is 5.75 Å². The van der Waals surface area contributed by atoms with Gasteiger partial charge in [0.05, 0.1) is 18.0 Å². The number of thiocarbonyl (C=S) groups is 1. The molecule has 0 aliphatic rings. The summed E-state index contributed by atoms with van der Waals surface area (Å²) >= 11 is 4.62. The third-order valence-electron chi connectivity index (χ3n) is 2.60. The number of fused-ring (bicyclic) bond motifs is 1. The second-order valence-electron chi connectivity index (χ2n) is 3.70. The number of ether oxygens (including phenoxy) is 2. The lowest BCUT2D eigenvalue weighted by molar-refractivity contribution is -0.142. The molecule has 0 N–H and O–H groups in total. The SMILES string of the molecule is COC(=O)COc1ccc(N=C=S)c2ccccc12. The van der Waals surface area contributed by atoms with E-state index in [-0.39, 0.29) is 6.61 Å². The standard InChI is InChI=1S/C14H11NO3S/c1-17-14(16)8-18-13-7-6-12(15-9-19)10-4-2-3-5-11(10)13/h2-7H,8H2,1H3. The molecule has 0 bridgehead atoms. The van der Waals surface area contributed by atoms with E-state index < -0.39 is 5.97 Å². The Morgan fingerprint density at radius 1 is 1.26 bits per heavy atom. The minimum absolute atomic E-state index is 0.129. The minimum Gasteiger partial charge on any atom is -0.481 e. The van der Waals surface area contributed by atoms with E-state index >= 15 is 0 Å². The Labute approximate surface area is 115 Å². The second kappa shape index (κ2) is 6.09. The van der Waals surface area contributed by atoms with Gasteiger partial charge in [0.1, 0.15) is 5.75 Å². The van der Waals surface area contributed by atoms with Gasteiger partial charge in [-0.05, 0) is 24.4 Å². The number of nitrogens with zero attached hydrogens (tertiary/aromatic N) is 1. The molecule has 0 atom stereocenters. The Bertz CT molecular complexity index is 663. The van der Waals surface area contributed by atoms with Crippen LogP contribution in [-0.4, -0.2) is 24.8 Å². The number of carbonyl (C=O) groups is 1. The van der Waals surface area contributed by atoms with Crippen molar-refractivity contribution in [3.63, 3.8) is 0 Å². The zero-order valence-electron chi connectivity index (χ0n) is 10.3. The third kappa shape index (κ3) is 2.96. The van der Waals surface area contributed by atoms with Crippen molar-refractivity contribution in [2.24, 2.45) is 4.99 Å². The van der Waals surface area contributed by atoms with Crippen LogP contribution >= 0.6 is 12.2 Å². The quantitative estimate of drug-likeness (QED) is 0.488. The van der Waals surface area contributed by atoms with Crippen molar-refractivity contribution >= 4 is 39.8 Å². The molecule has 19 heavy (non-hydrogen) atoms. The first-order valence-corrected chi connectivity index (χ1v) is 5.96. The molecule has 96 valence electrons. The number of rotatable bonds is 4. The van der Waals surface area contributed by atoms with Crippen LogP contribution in [0.25, 0.3) is 10.8 Å². The van der Waals surface area contributed by atoms with Gasteiger partial charge in [-0.2, -0.15) is 4.99 Å². The minimum atomic E-state index is -0.426. The summed E-state index contributed by atoms with van der Waals surface area (Å²) in [6, 6.07) is 11.1. The normalized spacial score (nSPS) is 9.74. The van der Waals surface area contributed by atoms with Gasteiger partial charge in [0.25, 0.3) is 0 Å². The summed E-state index contributed by atoms with van der Waals surface area (Å²) in [6.45, 7) is -0.129. The predicted molar refractivity (Wildman–Crippen MR) is 76.1 cm³/mol. The maximum Gasteiger partial charge on any atom is 0.343 e. The van der Waals surface area contributed by atoms with E-state index in [1.807, 2.05) is 24.3 Å². The average Bonchev–Trinajstić information content (AvgIpc) is 2.46. The first-order chi connectivity index (χ1) is 9.26. The van der Waals surface area contributed by atoms with Gasteiger partial charge in [0.2, 0.25) is 0 Å². The summed E-state index contributed by atoms with van der Waals surface area (Å²) in [5.74, 6) is 0.175. The first-order valence-electron chi connectivity index (χ1n) is 5.55. The van der Waals surface area contributed by atoms with E-state index in [0.29, 0.717) is 5.75 Å². The largest absolute Gasteiger partial charge is 0.481 e. The molecule has 0 saturated carbocycles. The Kier molecular flexibility index (Phi) is 4.23. The lowest BCUT2D eigenvalue weighted by atomic mass is 10.1. The number of hydrogen-bond donors (Lipinski definition) is 0. The molecule has 0 aliphatic heterocycles. The van der Waals surface area contributed by atoms with E-state index in [1.165, 1.54) is 7.11 Å². The van der Waals surface area contributed by atoms with Crippen LogP contribution in [-0.2, 0) is 9.53 Å². The van der Waals surface area contributed by atoms with Gasteiger partial charge < -0.3 is 9.47 Å². The lowest BCUT2D eigenvalue weighted by Gasteiger charge is -2.09. The fraction of sp³-hybridized carbons (Fsp3) is 0.143. The Hall–Kier alpha value is -2.23. The van der Waals surface area contributed by atoms with Gasteiger partial charge in [-0.1, -0.05) is 24.3 Å². The molecule has 0 spiro atoms. The van der Waals surface area contributed by atoms with Gasteiger partial charge in [-0.15, -0.1) is 0 Å². The second-order valence-corrected chi connectivity index (χ2v) is 3.88. The molecule has 0 amide bonds. The smallest absolute Gasteiger partial charge is 0.343 e. The number of aliphatic imine (C=N–C) groups is 1. The number of isothiocyanates is 1. The van der Waals surface area contributed by atoms with Gasteiger partial charge in [-0.3, -0.25) is 0 Å². The van der Waals surface area contributed by atoms with Gasteiger partial charge in [0, 0.05) is 10.8 Å². The lowest BCUT2D eigenvalue weighted by Crippen LogP contribution is -2.12. The van der Waals surface area contributed by atoms with Crippen LogP contribution < -0.4 is 4.74 Å². The van der Waals surface area contributed by atoms with E-state index in [0.717, 1.165) is 16.5 Å². The topological polar surface area (TPSA) is 47.9 Å². The molecule has 0 aliphatic carbocycles. The highest BCUT2D eigenvalue weighted by atomic mass is 32.1. The highest BCUT2D eigenvalue weighted by molar-refractivity contribution is 7.78.